The number of ether oxygens (including phenoxy) is 1. The molecule has 0 radical (unpaired) electrons. The molecule has 0 spiro atoms. The zero-order valence-corrected chi connectivity index (χ0v) is 10.3. The standard InChI is InChI=1S/C11H15FN2O5/c1-2-5-9(12)10(17)13-11(18)14(5)8-3-6(16)7(4-15)19-8/h6-8,15-16H,2-4H2,1H3,(H,13,17,18)/t6?,7-,8-/m0/s1. The number of rotatable bonds is 3. The summed E-state index contributed by atoms with van der Waals surface area (Å²) in [6.45, 7) is 1.20. The van der Waals surface area contributed by atoms with Crippen LogP contribution in [0.15, 0.2) is 9.59 Å². The average molecular weight is 274 g/mol. The Morgan fingerprint density at radius 3 is 2.74 bits per heavy atom. The summed E-state index contributed by atoms with van der Waals surface area (Å²) >= 11 is 0. The van der Waals surface area contributed by atoms with Crippen molar-refractivity contribution in [2.75, 3.05) is 6.61 Å². The van der Waals surface area contributed by atoms with Gasteiger partial charge in [0.2, 0.25) is 5.82 Å². The van der Waals surface area contributed by atoms with Gasteiger partial charge in [0.25, 0.3) is 5.56 Å². The minimum absolute atomic E-state index is 0.0453. The molecule has 1 aromatic rings. The van der Waals surface area contributed by atoms with Crippen LogP contribution in [0.4, 0.5) is 4.39 Å². The van der Waals surface area contributed by atoms with Gasteiger partial charge < -0.3 is 14.9 Å². The smallest absolute Gasteiger partial charge is 0.330 e. The van der Waals surface area contributed by atoms with Crippen LogP contribution in [0, 0.1) is 5.82 Å². The monoisotopic (exact) mass is 274 g/mol. The summed E-state index contributed by atoms with van der Waals surface area (Å²) < 4.78 is 20.0. The fraction of sp³-hybridized carbons (Fsp3) is 0.636. The second-order valence-corrected chi connectivity index (χ2v) is 4.36. The largest absolute Gasteiger partial charge is 0.394 e. The van der Waals surface area contributed by atoms with Crippen LogP contribution in [0.25, 0.3) is 0 Å². The fourth-order valence-electron chi connectivity index (χ4n) is 2.24. The number of aliphatic hydroxyl groups is 2. The Morgan fingerprint density at radius 1 is 1.53 bits per heavy atom. The number of aromatic nitrogens is 2. The first-order valence-corrected chi connectivity index (χ1v) is 5.97. The molecule has 0 saturated carbocycles. The summed E-state index contributed by atoms with van der Waals surface area (Å²) in [5, 5.41) is 18.6. The van der Waals surface area contributed by atoms with Crippen LogP contribution in [0.5, 0.6) is 0 Å². The molecular weight excluding hydrogens is 259 g/mol. The fourth-order valence-corrected chi connectivity index (χ4v) is 2.24. The van der Waals surface area contributed by atoms with Gasteiger partial charge in [0, 0.05) is 6.42 Å². The lowest BCUT2D eigenvalue weighted by atomic mass is 10.2. The van der Waals surface area contributed by atoms with Gasteiger partial charge in [-0.25, -0.2) is 4.79 Å². The predicted octanol–water partition coefficient (Wildman–Crippen LogP) is -1.12. The first-order valence-electron chi connectivity index (χ1n) is 5.97. The Morgan fingerprint density at radius 2 is 2.21 bits per heavy atom. The molecule has 1 saturated heterocycles. The maximum Gasteiger partial charge on any atom is 0.330 e. The number of hydrogen-bond donors (Lipinski definition) is 3. The molecule has 1 aromatic heterocycles. The molecule has 0 bridgehead atoms. The third-order valence-electron chi connectivity index (χ3n) is 3.19. The van der Waals surface area contributed by atoms with Gasteiger partial charge in [0.1, 0.15) is 12.3 Å². The summed E-state index contributed by atoms with van der Waals surface area (Å²) in [4.78, 5) is 24.8. The number of H-pyrrole nitrogens is 1. The summed E-state index contributed by atoms with van der Waals surface area (Å²) in [7, 11) is 0. The van der Waals surface area contributed by atoms with E-state index in [9.17, 15) is 19.1 Å². The van der Waals surface area contributed by atoms with Crippen molar-refractivity contribution in [3.05, 3.63) is 32.3 Å². The molecule has 3 N–H and O–H groups in total. The summed E-state index contributed by atoms with van der Waals surface area (Å²) in [5.41, 5.74) is -1.95. The molecule has 0 aliphatic carbocycles. The van der Waals surface area contributed by atoms with Crippen molar-refractivity contribution in [1.82, 2.24) is 9.55 Å². The first kappa shape index (κ1) is 13.9. The molecule has 0 aromatic carbocycles. The lowest BCUT2D eigenvalue weighted by molar-refractivity contribution is -0.0471. The quantitative estimate of drug-likeness (QED) is 0.647. The lowest BCUT2D eigenvalue weighted by Crippen LogP contribution is -2.37. The lowest BCUT2D eigenvalue weighted by Gasteiger charge is -2.18. The van der Waals surface area contributed by atoms with Gasteiger partial charge in [-0.15, -0.1) is 0 Å². The van der Waals surface area contributed by atoms with Gasteiger partial charge in [-0.3, -0.25) is 14.3 Å². The van der Waals surface area contributed by atoms with E-state index >= 15 is 0 Å². The van der Waals surface area contributed by atoms with E-state index in [4.69, 9.17) is 9.84 Å². The number of aliphatic hydroxyl groups excluding tert-OH is 2. The maximum atomic E-state index is 13.7. The topological polar surface area (TPSA) is 105 Å². The Labute approximate surface area is 107 Å². The van der Waals surface area contributed by atoms with Crippen LogP contribution >= 0.6 is 0 Å². The zero-order chi connectivity index (χ0) is 14.2. The molecule has 8 heteroatoms. The van der Waals surface area contributed by atoms with Crippen LogP contribution in [0.2, 0.25) is 0 Å². The highest BCUT2D eigenvalue weighted by Crippen LogP contribution is 2.28. The minimum Gasteiger partial charge on any atom is -0.394 e. The Hall–Kier alpha value is -1.51. The predicted molar refractivity (Wildman–Crippen MR) is 62.3 cm³/mol. The van der Waals surface area contributed by atoms with Crippen molar-refractivity contribution in [1.29, 1.82) is 0 Å². The Balaban J connectivity index is 2.49. The van der Waals surface area contributed by atoms with E-state index in [-0.39, 0.29) is 18.5 Å². The highest BCUT2D eigenvalue weighted by atomic mass is 19.1. The van der Waals surface area contributed by atoms with Crippen LogP contribution in [0.3, 0.4) is 0 Å². The van der Waals surface area contributed by atoms with E-state index in [0.29, 0.717) is 0 Å². The van der Waals surface area contributed by atoms with Gasteiger partial charge in [-0.2, -0.15) is 4.39 Å². The third kappa shape index (κ3) is 2.34. The average Bonchev–Trinajstić information content (AvgIpc) is 2.74. The molecule has 7 nitrogen and oxygen atoms in total. The second-order valence-electron chi connectivity index (χ2n) is 4.36. The van der Waals surface area contributed by atoms with Gasteiger partial charge in [-0.05, 0) is 6.42 Å². The van der Waals surface area contributed by atoms with Crippen molar-refractivity contribution >= 4 is 0 Å². The molecule has 1 aliphatic heterocycles. The van der Waals surface area contributed by atoms with E-state index in [1.807, 2.05) is 4.98 Å². The molecule has 106 valence electrons. The SMILES string of the molecule is CCc1c(F)c(=O)[nH]c(=O)n1[C@@H]1CC(O)[C@H](CO)O1. The molecule has 1 fully saturated rings. The second kappa shape index (κ2) is 5.24. The molecule has 1 unspecified atom stereocenters. The third-order valence-corrected chi connectivity index (χ3v) is 3.19. The highest BCUT2D eigenvalue weighted by Gasteiger charge is 2.36. The van der Waals surface area contributed by atoms with Crippen LogP contribution < -0.4 is 11.2 Å². The molecule has 0 amide bonds. The van der Waals surface area contributed by atoms with Gasteiger partial charge in [0.15, 0.2) is 0 Å². The van der Waals surface area contributed by atoms with Crippen molar-refractivity contribution in [2.45, 2.75) is 38.2 Å². The van der Waals surface area contributed by atoms with E-state index in [1.165, 1.54) is 0 Å². The van der Waals surface area contributed by atoms with Crippen LogP contribution in [-0.2, 0) is 11.2 Å². The van der Waals surface area contributed by atoms with Crippen molar-refractivity contribution in [3.63, 3.8) is 0 Å². The minimum atomic E-state index is -1.07. The maximum absolute atomic E-state index is 13.7. The van der Waals surface area contributed by atoms with Crippen molar-refractivity contribution < 1.29 is 19.3 Å². The number of aromatic amines is 1. The number of halogens is 1. The van der Waals surface area contributed by atoms with Crippen molar-refractivity contribution in [2.24, 2.45) is 0 Å². The normalized spacial score (nSPS) is 26.8. The van der Waals surface area contributed by atoms with Crippen molar-refractivity contribution in [3.8, 4) is 0 Å². The summed E-state index contributed by atoms with van der Waals surface area (Å²) in [6, 6.07) is 0. The molecule has 2 rings (SSSR count). The van der Waals surface area contributed by atoms with Crippen LogP contribution in [0.1, 0.15) is 25.3 Å². The molecule has 2 heterocycles. The number of nitrogens with one attached hydrogen (secondary N) is 1. The number of nitrogens with zero attached hydrogens (tertiary/aromatic N) is 1. The summed E-state index contributed by atoms with van der Waals surface area (Å²) in [6.07, 6.45) is -2.49. The van der Waals surface area contributed by atoms with Gasteiger partial charge >= 0.3 is 5.69 Å². The molecule has 1 aliphatic rings. The first-order chi connectivity index (χ1) is 8.99. The highest BCUT2D eigenvalue weighted by molar-refractivity contribution is 5.06. The Kier molecular flexibility index (Phi) is 3.83. The van der Waals surface area contributed by atoms with Gasteiger partial charge in [-0.1, -0.05) is 6.92 Å². The Bertz CT molecular complexity index is 581. The van der Waals surface area contributed by atoms with Gasteiger partial charge in [0.05, 0.1) is 18.4 Å². The van der Waals surface area contributed by atoms with E-state index in [1.54, 1.807) is 6.92 Å². The van der Waals surface area contributed by atoms with E-state index in [0.717, 1.165) is 4.57 Å². The zero-order valence-electron chi connectivity index (χ0n) is 10.3. The molecule has 3 atom stereocenters. The molecule has 19 heavy (non-hydrogen) atoms. The van der Waals surface area contributed by atoms with E-state index in [2.05, 4.69) is 0 Å². The summed E-state index contributed by atoms with van der Waals surface area (Å²) in [5.74, 6) is -1.03. The van der Waals surface area contributed by atoms with E-state index < -0.39 is 42.1 Å². The number of hydrogen-bond acceptors (Lipinski definition) is 5. The van der Waals surface area contributed by atoms with Crippen LogP contribution in [-0.4, -0.2) is 38.6 Å². The molecular formula is C11H15FN2O5.